The molecular formula is C15H19NO5. The number of hydrogen-bond donors (Lipinski definition) is 1. The van der Waals surface area contributed by atoms with Crippen molar-refractivity contribution in [2.24, 2.45) is 11.3 Å². The number of fused-ring (bicyclic) bond motifs is 1. The molecule has 1 aromatic rings. The molecular weight excluding hydrogens is 274 g/mol. The highest BCUT2D eigenvalue weighted by atomic mass is 16.5. The molecule has 1 amide bonds. The molecule has 3 rings (SSSR count). The van der Waals surface area contributed by atoms with E-state index >= 15 is 0 Å². The zero-order chi connectivity index (χ0) is 14.9. The van der Waals surface area contributed by atoms with Crippen molar-refractivity contribution in [1.82, 2.24) is 4.90 Å². The highest BCUT2D eigenvalue weighted by Crippen LogP contribution is 2.42. The maximum absolute atomic E-state index is 12.3. The van der Waals surface area contributed by atoms with Crippen molar-refractivity contribution in [3.05, 3.63) is 24.2 Å². The molecule has 2 aliphatic rings. The van der Waals surface area contributed by atoms with Crippen LogP contribution in [0.1, 0.15) is 18.6 Å². The van der Waals surface area contributed by atoms with Crippen molar-refractivity contribution in [3.8, 4) is 0 Å². The maximum Gasteiger partial charge on any atom is 0.311 e. The molecule has 0 aromatic carbocycles. The van der Waals surface area contributed by atoms with Crippen molar-refractivity contribution in [1.29, 1.82) is 0 Å². The molecule has 0 bridgehead atoms. The molecule has 2 fully saturated rings. The van der Waals surface area contributed by atoms with E-state index < -0.39 is 11.4 Å². The van der Waals surface area contributed by atoms with E-state index in [0.717, 1.165) is 5.76 Å². The predicted molar refractivity (Wildman–Crippen MR) is 72.6 cm³/mol. The quantitative estimate of drug-likeness (QED) is 0.901. The number of amides is 1. The molecule has 6 nitrogen and oxygen atoms in total. The summed E-state index contributed by atoms with van der Waals surface area (Å²) >= 11 is 0. The van der Waals surface area contributed by atoms with Gasteiger partial charge in [-0.25, -0.2) is 0 Å². The van der Waals surface area contributed by atoms with Crippen LogP contribution in [0.25, 0.3) is 0 Å². The van der Waals surface area contributed by atoms with E-state index in [1.54, 1.807) is 17.2 Å². The minimum atomic E-state index is -0.821. The molecule has 0 unspecified atom stereocenters. The van der Waals surface area contributed by atoms with Gasteiger partial charge in [-0.1, -0.05) is 0 Å². The van der Waals surface area contributed by atoms with E-state index in [-0.39, 0.29) is 11.8 Å². The summed E-state index contributed by atoms with van der Waals surface area (Å²) in [6.07, 6.45) is 2.95. The molecule has 21 heavy (non-hydrogen) atoms. The van der Waals surface area contributed by atoms with Crippen LogP contribution in [0.2, 0.25) is 0 Å². The highest BCUT2D eigenvalue weighted by Gasteiger charge is 2.54. The molecule has 114 valence electrons. The van der Waals surface area contributed by atoms with Crippen LogP contribution >= 0.6 is 0 Å². The van der Waals surface area contributed by atoms with Gasteiger partial charge in [0.25, 0.3) is 0 Å². The molecule has 0 aliphatic carbocycles. The molecule has 0 spiro atoms. The number of carboxylic acid groups (broad SMARTS) is 1. The number of likely N-dealkylation sites (tertiary alicyclic amines) is 1. The van der Waals surface area contributed by atoms with Crippen LogP contribution in [0.4, 0.5) is 0 Å². The molecule has 2 atom stereocenters. The fourth-order valence-corrected chi connectivity index (χ4v) is 3.33. The minimum Gasteiger partial charge on any atom is -0.481 e. The van der Waals surface area contributed by atoms with Gasteiger partial charge in [-0.05, 0) is 18.6 Å². The lowest BCUT2D eigenvalue weighted by Gasteiger charge is -2.33. The smallest absolute Gasteiger partial charge is 0.311 e. The molecule has 2 aliphatic heterocycles. The first-order chi connectivity index (χ1) is 10.1. The highest BCUT2D eigenvalue weighted by molar-refractivity contribution is 5.81. The molecule has 0 radical (unpaired) electrons. The number of furan rings is 1. The summed E-state index contributed by atoms with van der Waals surface area (Å²) < 4.78 is 10.6. The zero-order valence-corrected chi connectivity index (χ0v) is 11.8. The van der Waals surface area contributed by atoms with Crippen LogP contribution in [0.15, 0.2) is 22.8 Å². The Morgan fingerprint density at radius 2 is 2.33 bits per heavy atom. The molecule has 6 heteroatoms. The lowest BCUT2D eigenvalue weighted by atomic mass is 9.74. The average Bonchev–Trinajstić information content (AvgIpc) is 3.12. The summed E-state index contributed by atoms with van der Waals surface area (Å²) in [5, 5.41) is 9.57. The SMILES string of the molecule is O=C(CCc1ccco1)N1C[C@H]2COCC[C@@]2(C(=O)O)C1. The van der Waals surface area contributed by atoms with Gasteiger partial charge in [0.2, 0.25) is 5.91 Å². The monoisotopic (exact) mass is 293 g/mol. The fourth-order valence-electron chi connectivity index (χ4n) is 3.33. The van der Waals surface area contributed by atoms with Crippen molar-refractivity contribution < 1.29 is 23.8 Å². The van der Waals surface area contributed by atoms with E-state index in [1.807, 2.05) is 6.07 Å². The number of aliphatic carboxylic acids is 1. The summed E-state index contributed by atoms with van der Waals surface area (Å²) in [6, 6.07) is 3.63. The Hall–Kier alpha value is -1.82. The summed E-state index contributed by atoms with van der Waals surface area (Å²) in [6.45, 7) is 1.65. The van der Waals surface area contributed by atoms with Gasteiger partial charge in [-0.2, -0.15) is 0 Å². The molecule has 1 aromatic heterocycles. The van der Waals surface area contributed by atoms with E-state index in [1.165, 1.54) is 0 Å². The number of ether oxygens (including phenoxy) is 1. The van der Waals surface area contributed by atoms with E-state index in [4.69, 9.17) is 9.15 Å². The molecule has 0 saturated carbocycles. The average molecular weight is 293 g/mol. The third-order valence-corrected chi connectivity index (χ3v) is 4.65. The van der Waals surface area contributed by atoms with Gasteiger partial charge < -0.3 is 19.2 Å². The standard InChI is InChI=1S/C15H19NO5/c17-13(4-3-12-2-1-6-21-12)16-8-11-9-20-7-5-15(11,10-16)14(18)19/h1-2,6,11H,3-5,7-10H2,(H,18,19)/t11-,15+/m0/s1. The van der Waals surface area contributed by atoms with Crippen LogP contribution in [-0.2, 0) is 20.7 Å². The van der Waals surface area contributed by atoms with Crippen molar-refractivity contribution in [3.63, 3.8) is 0 Å². The lowest BCUT2D eigenvalue weighted by Crippen LogP contribution is -2.45. The summed E-state index contributed by atoms with van der Waals surface area (Å²) in [4.78, 5) is 25.6. The number of carbonyl (C=O) groups is 2. The van der Waals surface area contributed by atoms with Gasteiger partial charge in [0, 0.05) is 38.5 Å². The van der Waals surface area contributed by atoms with Crippen molar-refractivity contribution >= 4 is 11.9 Å². The first-order valence-electron chi connectivity index (χ1n) is 7.23. The van der Waals surface area contributed by atoms with Crippen LogP contribution < -0.4 is 0 Å². The van der Waals surface area contributed by atoms with Gasteiger partial charge in [0.15, 0.2) is 0 Å². The number of hydrogen-bond acceptors (Lipinski definition) is 4. The van der Waals surface area contributed by atoms with Crippen LogP contribution in [0, 0.1) is 11.3 Å². The Kier molecular flexibility index (Phi) is 3.71. The van der Waals surface area contributed by atoms with Crippen LogP contribution in [0.5, 0.6) is 0 Å². The first kappa shape index (κ1) is 14.1. The van der Waals surface area contributed by atoms with Gasteiger partial charge in [0.1, 0.15) is 5.76 Å². The Labute approximate surface area is 122 Å². The molecule has 3 heterocycles. The second-order valence-corrected chi connectivity index (χ2v) is 5.84. The lowest BCUT2D eigenvalue weighted by molar-refractivity contribution is -0.157. The van der Waals surface area contributed by atoms with Gasteiger partial charge in [-0.15, -0.1) is 0 Å². The number of carbonyl (C=O) groups excluding carboxylic acids is 1. The normalized spacial score (nSPS) is 28.4. The van der Waals surface area contributed by atoms with E-state index in [9.17, 15) is 14.7 Å². The Balaban J connectivity index is 1.64. The number of rotatable bonds is 4. The predicted octanol–water partition coefficient (Wildman–Crippen LogP) is 1.16. The van der Waals surface area contributed by atoms with Crippen molar-refractivity contribution in [2.45, 2.75) is 19.3 Å². The summed E-state index contributed by atoms with van der Waals surface area (Å²) in [7, 11) is 0. The second kappa shape index (κ2) is 5.52. The van der Waals surface area contributed by atoms with Crippen molar-refractivity contribution in [2.75, 3.05) is 26.3 Å². The van der Waals surface area contributed by atoms with Gasteiger partial charge >= 0.3 is 5.97 Å². The Morgan fingerprint density at radius 1 is 1.48 bits per heavy atom. The van der Waals surface area contributed by atoms with Crippen LogP contribution in [0.3, 0.4) is 0 Å². The van der Waals surface area contributed by atoms with Crippen LogP contribution in [-0.4, -0.2) is 48.2 Å². The fraction of sp³-hybridized carbons (Fsp3) is 0.600. The van der Waals surface area contributed by atoms with E-state index in [2.05, 4.69) is 0 Å². The van der Waals surface area contributed by atoms with E-state index in [0.29, 0.717) is 45.6 Å². The third-order valence-electron chi connectivity index (χ3n) is 4.65. The Morgan fingerprint density at radius 3 is 3.00 bits per heavy atom. The second-order valence-electron chi connectivity index (χ2n) is 5.84. The zero-order valence-electron chi connectivity index (χ0n) is 11.8. The minimum absolute atomic E-state index is 0.0126. The topological polar surface area (TPSA) is 80.0 Å². The number of aryl methyl sites for hydroxylation is 1. The number of carboxylic acids is 1. The summed E-state index contributed by atoms with van der Waals surface area (Å²) in [5.41, 5.74) is -0.821. The number of nitrogens with zero attached hydrogens (tertiary/aromatic N) is 1. The molecule has 2 saturated heterocycles. The third kappa shape index (κ3) is 2.55. The first-order valence-corrected chi connectivity index (χ1v) is 7.23. The Bertz CT molecular complexity index is 526. The summed E-state index contributed by atoms with van der Waals surface area (Å²) in [5.74, 6) is -0.147. The largest absolute Gasteiger partial charge is 0.481 e. The van der Waals surface area contributed by atoms with Gasteiger partial charge in [-0.3, -0.25) is 9.59 Å². The maximum atomic E-state index is 12.3. The van der Waals surface area contributed by atoms with Gasteiger partial charge in [0.05, 0.1) is 18.3 Å². The molecule has 1 N–H and O–H groups in total.